The minimum absolute atomic E-state index is 0.00478. The molecule has 1 aliphatic heterocycles. The van der Waals surface area contributed by atoms with E-state index in [4.69, 9.17) is 14.2 Å². The molecular formula is C22H29N3O4. The van der Waals surface area contributed by atoms with Crippen molar-refractivity contribution in [1.82, 2.24) is 15.2 Å². The van der Waals surface area contributed by atoms with Crippen LogP contribution in [0.1, 0.15) is 24.6 Å². The quantitative estimate of drug-likeness (QED) is 0.698. The Bertz CT molecular complexity index is 800. The molecule has 2 atom stereocenters. The Morgan fingerprint density at radius 1 is 1.24 bits per heavy atom. The Labute approximate surface area is 172 Å². The first kappa shape index (κ1) is 21.1. The first-order valence-electron chi connectivity index (χ1n) is 9.85. The molecule has 1 saturated heterocycles. The van der Waals surface area contributed by atoms with Gasteiger partial charge in [0.1, 0.15) is 0 Å². The number of amides is 1. The van der Waals surface area contributed by atoms with Gasteiger partial charge >= 0.3 is 0 Å². The molecule has 1 amide bonds. The number of likely N-dealkylation sites (tertiary alicyclic amines) is 1. The predicted molar refractivity (Wildman–Crippen MR) is 110 cm³/mol. The summed E-state index contributed by atoms with van der Waals surface area (Å²) in [6, 6.07) is 11.2. The minimum Gasteiger partial charge on any atom is -0.493 e. The zero-order valence-electron chi connectivity index (χ0n) is 17.3. The van der Waals surface area contributed by atoms with Gasteiger partial charge in [0.2, 0.25) is 5.91 Å². The minimum atomic E-state index is -0.210. The van der Waals surface area contributed by atoms with Gasteiger partial charge in [-0.1, -0.05) is 12.1 Å². The lowest BCUT2D eigenvalue weighted by Crippen LogP contribution is -2.44. The van der Waals surface area contributed by atoms with Crippen LogP contribution in [0.5, 0.6) is 11.5 Å². The van der Waals surface area contributed by atoms with E-state index in [2.05, 4.69) is 15.2 Å². The maximum absolute atomic E-state index is 12.6. The van der Waals surface area contributed by atoms with Crippen LogP contribution >= 0.6 is 0 Å². The van der Waals surface area contributed by atoms with Gasteiger partial charge in [-0.05, 0) is 43.2 Å². The molecular weight excluding hydrogens is 370 g/mol. The van der Waals surface area contributed by atoms with Crippen LogP contribution in [0, 0.1) is 0 Å². The van der Waals surface area contributed by atoms with Crippen molar-refractivity contribution in [2.75, 3.05) is 27.3 Å². The van der Waals surface area contributed by atoms with Crippen molar-refractivity contribution in [3.8, 4) is 11.5 Å². The molecule has 7 nitrogen and oxygen atoms in total. The lowest BCUT2D eigenvalue weighted by Gasteiger charge is -2.23. The van der Waals surface area contributed by atoms with Gasteiger partial charge in [0.15, 0.2) is 11.5 Å². The average Bonchev–Trinajstić information content (AvgIpc) is 3.25. The zero-order chi connectivity index (χ0) is 20.6. The first-order chi connectivity index (χ1) is 14.1. The van der Waals surface area contributed by atoms with Crippen LogP contribution in [0.15, 0.2) is 42.6 Å². The highest BCUT2D eigenvalue weighted by atomic mass is 16.5. The summed E-state index contributed by atoms with van der Waals surface area (Å²) in [5, 5.41) is 3.01. The van der Waals surface area contributed by atoms with E-state index < -0.39 is 0 Å². The number of aromatic nitrogens is 1. The largest absolute Gasteiger partial charge is 0.493 e. The Kier molecular flexibility index (Phi) is 7.43. The summed E-state index contributed by atoms with van der Waals surface area (Å²) in [6.07, 6.45) is 2.81. The molecule has 1 N–H and O–H groups in total. The molecule has 2 aromatic rings. The number of nitrogens with zero attached hydrogens (tertiary/aromatic N) is 2. The molecule has 0 bridgehead atoms. The highest BCUT2D eigenvalue weighted by Crippen LogP contribution is 2.27. The maximum atomic E-state index is 12.6. The normalized spacial score (nSPS) is 17.7. The summed E-state index contributed by atoms with van der Waals surface area (Å²) in [7, 11) is 3.20. The highest BCUT2D eigenvalue weighted by Gasteiger charge is 2.30. The molecule has 29 heavy (non-hydrogen) atoms. The maximum Gasteiger partial charge on any atom is 0.237 e. The molecule has 0 aliphatic carbocycles. The van der Waals surface area contributed by atoms with Crippen LogP contribution in [0.2, 0.25) is 0 Å². The Hall–Kier alpha value is -2.64. The van der Waals surface area contributed by atoms with Crippen LogP contribution in [0.25, 0.3) is 0 Å². The summed E-state index contributed by atoms with van der Waals surface area (Å²) in [4.78, 5) is 19.0. The van der Waals surface area contributed by atoms with E-state index in [0.717, 1.165) is 30.8 Å². The molecule has 1 fully saturated rings. The molecule has 0 spiro atoms. The van der Waals surface area contributed by atoms with Gasteiger partial charge in [-0.15, -0.1) is 0 Å². The number of pyridine rings is 1. The number of benzene rings is 1. The van der Waals surface area contributed by atoms with E-state index in [0.29, 0.717) is 24.7 Å². The van der Waals surface area contributed by atoms with E-state index in [9.17, 15) is 4.79 Å². The third kappa shape index (κ3) is 5.68. The number of carbonyl (C=O) groups is 1. The molecule has 7 heteroatoms. The summed E-state index contributed by atoms with van der Waals surface area (Å²) >= 11 is 0. The monoisotopic (exact) mass is 399 g/mol. The number of hydrogen-bond acceptors (Lipinski definition) is 6. The molecule has 1 aliphatic rings. The number of hydrogen-bond donors (Lipinski definition) is 1. The molecule has 156 valence electrons. The van der Waals surface area contributed by atoms with Crippen LogP contribution in [0.3, 0.4) is 0 Å². The fourth-order valence-electron chi connectivity index (χ4n) is 3.42. The topological polar surface area (TPSA) is 72.9 Å². The van der Waals surface area contributed by atoms with E-state index >= 15 is 0 Å². The highest BCUT2D eigenvalue weighted by molar-refractivity contribution is 5.81. The van der Waals surface area contributed by atoms with Gasteiger partial charge in [0.05, 0.1) is 38.7 Å². The summed E-state index contributed by atoms with van der Waals surface area (Å²) in [5.74, 6) is 1.33. The molecule has 0 saturated carbocycles. The number of methoxy groups -OCH3 is 2. The summed E-state index contributed by atoms with van der Waals surface area (Å²) in [6.45, 7) is 4.47. The molecule has 2 heterocycles. The van der Waals surface area contributed by atoms with Crippen molar-refractivity contribution in [2.45, 2.75) is 38.6 Å². The van der Waals surface area contributed by atoms with Crippen molar-refractivity contribution >= 4 is 5.91 Å². The van der Waals surface area contributed by atoms with E-state index in [1.165, 1.54) is 0 Å². The van der Waals surface area contributed by atoms with Gasteiger partial charge in [0, 0.05) is 25.8 Å². The predicted octanol–water partition coefficient (Wildman–Crippen LogP) is 2.39. The second kappa shape index (κ2) is 10.2. The first-order valence-corrected chi connectivity index (χ1v) is 9.85. The molecule has 0 radical (unpaired) electrons. The van der Waals surface area contributed by atoms with E-state index in [1.807, 2.05) is 43.3 Å². The average molecular weight is 399 g/mol. The van der Waals surface area contributed by atoms with Gasteiger partial charge in [-0.3, -0.25) is 14.7 Å². The van der Waals surface area contributed by atoms with E-state index in [1.54, 1.807) is 20.4 Å². The van der Waals surface area contributed by atoms with Crippen molar-refractivity contribution in [3.63, 3.8) is 0 Å². The standard InChI is InChI=1S/C22H29N3O4/c1-16(22(26)24-13-17-7-8-20(27-2)21(12-17)28-3)25-11-9-19(14-25)29-15-18-6-4-5-10-23-18/h4-8,10,12,16,19H,9,11,13-15H2,1-3H3,(H,24,26)/t16-,19-/m0/s1. The Morgan fingerprint density at radius 2 is 2.07 bits per heavy atom. The van der Waals surface area contributed by atoms with Gasteiger partial charge in [-0.2, -0.15) is 0 Å². The van der Waals surface area contributed by atoms with Crippen LogP contribution in [-0.4, -0.2) is 55.2 Å². The fourth-order valence-corrected chi connectivity index (χ4v) is 3.42. The number of ether oxygens (including phenoxy) is 3. The van der Waals surface area contributed by atoms with Crippen LogP contribution in [0.4, 0.5) is 0 Å². The van der Waals surface area contributed by atoms with Crippen LogP contribution in [-0.2, 0) is 22.7 Å². The van der Waals surface area contributed by atoms with Crippen LogP contribution < -0.4 is 14.8 Å². The summed E-state index contributed by atoms with van der Waals surface area (Å²) < 4.78 is 16.5. The van der Waals surface area contributed by atoms with E-state index in [-0.39, 0.29) is 18.1 Å². The number of carbonyl (C=O) groups excluding carboxylic acids is 1. The van der Waals surface area contributed by atoms with Crippen molar-refractivity contribution in [1.29, 1.82) is 0 Å². The second-order valence-electron chi connectivity index (χ2n) is 7.12. The molecule has 3 rings (SSSR count). The van der Waals surface area contributed by atoms with Gasteiger partial charge in [-0.25, -0.2) is 0 Å². The second-order valence-corrected chi connectivity index (χ2v) is 7.12. The molecule has 1 aromatic carbocycles. The van der Waals surface area contributed by atoms with Gasteiger partial charge < -0.3 is 19.5 Å². The van der Waals surface area contributed by atoms with Crippen molar-refractivity contribution in [2.24, 2.45) is 0 Å². The van der Waals surface area contributed by atoms with Gasteiger partial charge in [0.25, 0.3) is 0 Å². The third-order valence-electron chi connectivity index (χ3n) is 5.21. The lowest BCUT2D eigenvalue weighted by molar-refractivity contribution is -0.125. The number of nitrogens with one attached hydrogen (secondary N) is 1. The lowest BCUT2D eigenvalue weighted by atomic mass is 10.2. The number of rotatable bonds is 9. The SMILES string of the molecule is COc1ccc(CNC(=O)[C@H](C)N2CC[C@H](OCc3ccccn3)C2)cc1OC. The summed E-state index contributed by atoms with van der Waals surface area (Å²) in [5.41, 5.74) is 1.88. The Morgan fingerprint density at radius 3 is 2.79 bits per heavy atom. The van der Waals surface area contributed by atoms with Crippen molar-refractivity contribution < 1.29 is 19.0 Å². The fraction of sp³-hybridized carbons (Fsp3) is 0.455. The molecule has 0 unspecified atom stereocenters. The smallest absolute Gasteiger partial charge is 0.237 e. The zero-order valence-corrected chi connectivity index (χ0v) is 17.3. The molecule has 1 aromatic heterocycles. The van der Waals surface area contributed by atoms with Crippen molar-refractivity contribution in [3.05, 3.63) is 53.9 Å². The Balaban J connectivity index is 1.45. The third-order valence-corrected chi connectivity index (χ3v) is 5.21.